The monoisotopic (exact) mass is 419 g/mol. The van der Waals surface area contributed by atoms with E-state index in [0.717, 1.165) is 35.4 Å². The van der Waals surface area contributed by atoms with Gasteiger partial charge in [0.05, 0.1) is 24.8 Å². The first-order valence-electron chi connectivity index (χ1n) is 10.6. The van der Waals surface area contributed by atoms with Crippen LogP contribution >= 0.6 is 0 Å². The Bertz CT molecular complexity index is 1040. The predicted octanol–water partition coefficient (Wildman–Crippen LogP) is 4.49. The first kappa shape index (κ1) is 21.1. The van der Waals surface area contributed by atoms with Crippen molar-refractivity contribution in [3.8, 4) is 5.75 Å². The molecule has 0 radical (unpaired) electrons. The second-order valence-corrected chi connectivity index (χ2v) is 8.83. The number of H-pyrrole nitrogens is 1. The van der Waals surface area contributed by atoms with Gasteiger partial charge in [-0.25, -0.2) is 0 Å². The number of hydrogen-bond donors (Lipinski definition) is 3. The van der Waals surface area contributed by atoms with Gasteiger partial charge < -0.3 is 15.2 Å². The van der Waals surface area contributed by atoms with Crippen molar-refractivity contribution in [3.05, 3.63) is 77.0 Å². The molecule has 0 aliphatic heterocycles. The van der Waals surface area contributed by atoms with Crippen LogP contribution in [0.5, 0.6) is 5.75 Å². The largest absolute Gasteiger partial charge is 0.497 e. The van der Waals surface area contributed by atoms with Crippen molar-refractivity contribution in [2.24, 2.45) is 0 Å². The Morgan fingerprint density at radius 1 is 1.16 bits per heavy atom. The van der Waals surface area contributed by atoms with Crippen LogP contribution < -0.4 is 10.1 Å². The second kappa shape index (κ2) is 8.55. The van der Waals surface area contributed by atoms with E-state index in [-0.39, 0.29) is 5.91 Å². The molecule has 1 aliphatic carbocycles. The Kier molecular flexibility index (Phi) is 5.83. The number of aliphatic hydroxyl groups is 1. The molecule has 162 valence electrons. The van der Waals surface area contributed by atoms with Crippen LogP contribution in [0.4, 0.5) is 5.82 Å². The molecule has 1 fully saturated rings. The molecular weight excluding hydrogens is 390 g/mol. The van der Waals surface area contributed by atoms with Crippen LogP contribution in [-0.4, -0.2) is 28.3 Å². The fraction of sp³-hybridized carbons (Fsp3) is 0.360. The standard InChI is InChI=1S/C25H29N3O3/c1-25(2,30)20-6-4-5-17(14-20)18-12-19(13-18)22-15-23(28-27-22)26-24(29)11-16-7-9-21(31-3)10-8-16/h4-10,14-15,18-19,30H,11-13H2,1-3H3,(H2,26,27,28,29)/t18-,19+. The first-order chi connectivity index (χ1) is 14.8. The van der Waals surface area contributed by atoms with Crippen molar-refractivity contribution in [1.82, 2.24) is 10.2 Å². The van der Waals surface area contributed by atoms with Crippen LogP contribution in [0, 0.1) is 0 Å². The number of nitrogens with one attached hydrogen (secondary N) is 2. The van der Waals surface area contributed by atoms with Gasteiger partial charge in [0, 0.05) is 12.0 Å². The lowest BCUT2D eigenvalue weighted by Gasteiger charge is -2.35. The van der Waals surface area contributed by atoms with Gasteiger partial charge in [-0.1, -0.05) is 36.4 Å². The summed E-state index contributed by atoms with van der Waals surface area (Å²) in [6.07, 6.45) is 2.32. The number of nitrogens with zero attached hydrogens (tertiary/aromatic N) is 1. The van der Waals surface area contributed by atoms with E-state index in [4.69, 9.17) is 4.74 Å². The highest BCUT2D eigenvalue weighted by Crippen LogP contribution is 2.47. The molecule has 3 N–H and O–H groups in total. The van der Waals surface area contributed by atoms with Crippen molar-refractivity contribution in [1.29, 1.82) is 0 Å². The van der Waals surface area contributed by atoms with Gasteiger partial charge in [-0.05, 0) is 61.4 Å². The van der Waals surface area contributed by atoms with Gasteiger partial charge >= 0.3 is 0 Å². The molecule has 2 aromatic carbocycles. The van der Waals surface area contributed by atoms with Gasteiger partial charge in [-0.3, -0.25) is 9.89 Å². The minimum absolute atomic E-state index is 0.0877. The molecule has 31 heavy (non-hydrogen) atoms. The van der Waals surface area contributed by atoms with E-state index in [1.807, 2.05) is 56.3 Å². The SMILES string of the molecule is COc1ccc(CC(=O)Nc2cc([C@H]3C[C@@H](c4cccc(C(C)(C)O)c4)C3)n[nH]2)cc1. The number of aromatic nitrogens is 2. The fourth-order valence-electron chi connectivity index (χ4n) is 4.04. The first-order valence-corrected chi connectivity index (χ1v) is 10.6. The minimum atomic E-state index is -0.833. The average Bonchev–Trinajstić information content (AvgIpc) is 3.14. The van der Waals surface area contributed by atoms with E-state index >= 15 is 0 Å². The van der Waals surface area contributed by atoms with E-state index in [1.54, 1.807) is 7.11 Å². The summed E-state index contributed by atoms with van der Waals surface area (Å²) in [4.78, 5) is 12.3. The molecule has 0 unspecified atom stereocenters. The third kappa shape index (κ3) is 4.97. The number of carbonyl (C=O) groups is 1. The van der Waals surface area contributed by atoms with Crippen LogP contribution in [0.2, 0.25) is 0 Å². The summed E-state index contributed by atoms with van der Waals surface area (Å²) in [5, 5.41) is 20.5. The van der Waals surface area contributed by atoms with E-state index in [9.17, 15) is 9.90 Å². The van der Waals surface area contributed by atoms with E-state index in [0.29, 0.717) is 24.1 Å². The van der Waals surface area contributed by atoms with Crippen molar-refractivity contribution < 1.29 is 14.6 Å². The number of ether oxygens (including phenoxy) is 1. The third-order valence-corrected chi connectivity index (χ3v) is 6.02. The number of hydrogen-bond acceptors (Lipinski definition) is 4. The summed E-state index contributed by atoms with van der Waals surface area (Å²) >= 11 is 0. The Morgan fingerprint density at radius 2 is 1.90 bits per heavy atom. The molecule has 3 aromatic rings. The molecule has 6 nitrogen and oxygen atoms in total. The lowest BCUT2D eigenvalue weighted by Crippen LogP contribution is -2.22. The number of methoxy groups -OCH3 is 1. The van der Waals surface area contributed by atoms with Crippen molar-refractivity contribution in [2.45, 2.75) is 50.5 Å². The summed E-state index contributed by atoms with van der Waals surface area (Å²) in [5.41, 5.74) is 3.28. The number of benzene rings is 2. The molecule has 1 saturated carbocycles. The lowest BCUT2D eigenvalue weighted by molar-refractivity contribution is -0.115. The molecule has 1 aliphatic rings. The maximum atomic E-state index is 12.3. The Morgan fingerprint density at radius 3 is 2.58 bits per heavy atom. The van der Waals surface area contributed by atoms with Gasteiger partial charge in [0.15, 0.2) is 0 Å². The molecular formula is C25H29N3O3. The molecule has 6 heteroatoms. The van der Waals surface area contributed by atoms with Crippen LogP contribution in [0.15, 0.2) is 54.6 Å². The summed E-state index contributed by atoms with van der Waals surface area (Å²) in [6.45, 7) is 3.62. The zero-order valence-electron chi connectivity index (χ0n) is 18.2. The van der Waals surface area contributed by atoms with Crippen LogP contribution in [0.25, 0.3) is 0 Å². The highest BCUT2D eigenvalue weighted by atomic mass is 16.5. The maximum absolute atomic E-state index is 12.3. The maximum Gasteiger partial charge on any atom is 0.229 e. The van der Waals surface area contributed by atoms with Crippen LogP contribution in [-0.2, 0) is 16.8 Å². The zero-order valence-corrected chi connectivity index (χ0v) is 18.2. The Hall–Kier alpha value is -3.12. The van der Waals surface area contributed by atoms with E-state index in [2.05, 4.69) is 27.6 Å². The molecule has 0 spiro atoms. The highest BCUT2D eigenvalue weighted by Gasteiger charge is 2.33. The second-order valence-electron chi connectivity index (χ2n) is 8.83. The molecule has 0 atom stereocenters. The fourth-order valence-corrected chi connectivity index (χ4v) is 4.04. The number of aromatic amines is 1. The van der Waals surface area contributed by atoms with Gasteiger partial charge in [0.1, 0.15) is 11.6 Å². The summed E-state index contributed by atoms with van der Waals surface area (Å²) in [6, 6.07) is 17.6. The minimum Gasteiger partial charge on any atom is -0.497 e. The quantitative estimate of drug-likeness (QED) is 0.527. The van der Waals surface area contributed by atoms with Gasteiger partial charge in [0.25, 0.3) is 0 Å². The van der Waals surface area contributed by atoms with Crippen LogP contribution in [0.1, 0.15) is 60.9 Å². The Balaban J connectivity index is 1.31. The van der Waals surface area contributed by atoms with Crippen molar-refractivity contribution in [2.75, 3.05) is 12.4 Å². The molecule has 1 heterocycles. The van der Waals surface area contributed by atoms with E-state index < -0.39 is 5.60 Å². The van der Waals surface area contributed by atoms with Crippen molar-refractivity contribution in [3.63, 3.8) is 0 Å². The number of rotatable bonds is 7. The number of anilines is 1. The zero-order chi connectivity index (χ0) is 22.0. The Labute approximate surface area is 182 Å². The normalized spacial score (nSPS) is 18.3. The summed E-state index contributed by atoms with van der Waals surface area (Å²) < 4.78 is 5.14. The van der Waals surface area contributed by atoms with Gasteiger partial charge in [0.2, 0.25) is 5.91 Å². The molecule has 1 amide bonds. The van der Waals surface area contributed by atoms with Crippen molar-refractivity contribution >= 4 is 11.7 Å². The molecule has 1 aromatic heterocycles. The third-order valence-electron chi connectivity index (χ3n) is 6.02. The van der Waals surface area contributed by atoms with Gasteiger partial charge in [-0.15, -0.1) is 0 Å². The smallest absolute Gasteiger partial charge is 0.229 e. The number of carbonyl (C=O) groups excluding carboxylic acids is 1. The van der Waals surface area contributed by atoms with Crippen LogP contribution in [0.3, 0.4) is 0 Å². The molecule has 0 bridgehead atoms. The highest BCUT2D eigenvalue weighted by molar-refractivity contribution is 5.91. The molecule has 4 rings (SSSR count). The lowest BCUT2D eigenvalue weighted by atomic mass is 9.69. The molecule has 0 saturated heterocycles. The topological polar surface area (TPSA) is 87.2 Å². The number of amides is 1. The summed E-state index contributed by atoms with van der Waals surface area (Å²) in [7, 11) is 1.62. The van der Waals surface area contributed by atoms with Gasteiger partial charge in [-0.2, -0.15) is 5.10 Å². The van der Waals surface area contributed by atoms with E-state index in [1.165, 1.54) is 5.56 Å². The average molecular weight is 420 g/mol. The summed E-state index contributed by atoms with van der Waals surface area (Å²) in [5.74, 6) is 2.15. The predicted molar refractivity (Wildman–Crippen MR) is 120 cm³/mol.